The standard InChI is InChI=1S/C14H23NO/c1-5-12(4)15-9-14(16)13-7-6-10(2)8-11(13)3/h6-8,12,14-16H,5,9H2,1-4H3. The second-order valence-electron chi connectivity index (χ2n) is 4.59. The van der Waals surface area contributed by atoms with Crippen molar-refractivity contribution in [3.63, 3.8) is 0 Å². The minimum absolute atomic E-state index is 0.408. The summed E-state index contributed by atoms with van der Waals surface area (Å²) in [5, 5.41) is 13.4. The Morgan fingerprint density at radius 1 is 1.31 bits per heavy atom. The minimum Gasteiger partial charge on any atom is -0.387 e. The Kier molecular flexibility index (Phi) is 4.97. The van der Waals surface area contributed by atoms with Gasteiger partial charge in [-0.05, 0) is 38.3 Å². The molecule has 90 valence electrons. The molecule has 0 spiro atoms. The predicted octanol–water partition coefficient (Wildman–Crippen LogP) is 2.72. The molecule has 2 atom stereocenters. The van der Waals surface area contributed by atoms with E-state index in [1.165, 1.54) is 11.1 Å². The van der Waals surface area contributed by atoms with E-state index in [4.69, 9.17) is 0 Å². The molecule has 0 aliphatic carbocycles. The quantitative estimate of drug-likeness (QED) is 0.801. The molecule has 1 aromatic carbocycles. The number of benzene rings is 1. The Morgan fingerprint density at radius 3 is 2.56 bits per heavy atom. The van der Waals surface area contributed by atoms with Gasteiger partial charge in [0.25, 0.3) is 0 Å². The van der Waals surface area contributed by atoms with Crippen molar-refractivity contribution in [3.8, 4) is 0 Å². The van der Waals surface area contributed by atoms with Gasteiger partial charge in [0.2, 0.25) is 0 Å². The zero-order valence-corrected chi connectivity index (χ0v) is 10.7. The number of rotatable bonds is 5. The van der Waals surface area contributed by atoms with Gasteiger partial charge in [0.15, 0.2) is 0 Å². The molecule has 16 heavy (non-hydrogen) atoms. The van der Waals surface area contributed by atoms with Gasteiger partial charge >= 0.3 is 0 Å². The maximum absolute atomic E-state index is 10.1. The van der Waals surface area contributed by atoms with Gasteiger partial charge in [0, 0.05) is 12.6 Å². The second kappa shape index (κ2) is 6.02. The lowest BCUT2D eigenvalue weighted by Gasteiger charge is -2.18. The van der Waals surface area contributed by atoms with Crippen LogP contribution in [0.5, 0.6) is 0 Å². The molecular formula is C14H23NO. The molecule has 1 rings (SSSR count). The van der Waals surface area contributed by atoms with E-state index < -0.39 is 6.10 Å². The summed E-state index contributed by atoms with van der Waals surface area (Å²) in [5.74, 6) is 0. The third-order valence-corrected chi connectivity index (χ3v) is 3.06. The van der Waals surface area contributed by atoms with Crippen molar-refractivity contribution < 1.29 is 5.11 Å². The van der Waals surface area contributed by atoms with E-state index in [-0.39, 0.29) is 0 Å². The van der Waals surface area contributed by atoms with Crippen LogP contribution in [0.25, 0.3) is 0 Å². The molecule has 2 heteroatoms. The van der Waals surface area contributed by atoms with E-state index >= 15 is 0 Å². The zero-order valence-electron chi connectivity index (χ0n) is 10.7. The summed E-state index contributed by atoms with van der Waals surface area (Å²) in [4.78, 5) is 0. The molecule has 1 aromatic rings. The highest BCUT2D eigenvalue weighted by molar-refractivity contribution is 5.32. The Morgan fingerprint density at radius 2 is 2.00 bits per heavy atom. The molecular weight excluding hydrogens is 198 g/mol. The first-order chi connectivity index (χ1) is 7.54. The highest BCUT2D eigenvalue weighted by Crippen LogP contribution is 2.18. The van der Waals surface area contributed by atoms with Gasteiger partial charge in [-0.15, -0.1) is 0 Å². The second-order valence-corrected chi connectivity index (χ2v) is 4.59. The SMILES string of the molecule is CCC(C)NCC(O)c1ccc(C)cc1C. The van der Waals surface area contributed by atoms with Crippen molar-refractivity contribution in [2.24, 2.45) is 0 Å². The van der Waals surface area contributed by atoms with Gasteiger partial charge in [0.05, 0.1) is 6.10 Å². The number of hydrogen-bond donors (Lipinski definition) is 2. The van der Waals surface area contributed by atoms with Crippen LogP contribution in [0.3, 0.4) is 0 Å². The van der Waals surface area contributed by atoms with Crippen LogP contribution in [0.2, 0.25) is 0 Å². The first-order valence-corrected chi connectivity index (χ1v) is 6.03. The summed E-state index contributed by atoms with van der Waals surface area (Å²) >= 11 is 0. The summed E-state index contributed by atoms with van der Waals surface area (Å²) < 4.78 is 0. The highest BCUT2D eigenvalue weighted by atomic mass is 16.3. The van der Waals surface area contributed by atoms with Crippen LogP contribution in [-0.2, 0) is 0 Å². The lowest BCUT2D eigenvalue weighted by Crippen LogP contribution is -2.30. The summed E-state index contributed by atoms with van der Waals surface area (Å²) in [7, 11) is 0. The first-order valence-electron chi connectivity index (χ1n) is 6.03. The molecule has 0 saturated carbocycles. The molecule has 2 nitrogen and oxygen atoms in total. The molecule has 0 aromatic heterocycles. The van der Waals surface area contributed by atoms with Crippen LogP contribution >= 0.6 is 0 Å². The average molecular weight is 221 g/mol. The van der Waals surface area contributed by atoms with Crippen LogP contribution in [0.1, 0.15) is 43.1 Å². The van der Waals surface area contributed by atoms with Gasteiger partial charge < -0.3 is 10.4 Å². The summed E-state index contributed by atoms with van der Waals surface area (Å²) in [6, 6.07) is 6.64. The topological polar surface area (TPSA) is 32.3 Å². The van der Waals surface area contributed by atoms with E-state index in [1.54, 1.807) is 0 Å². The molecule has 0 bridgehead atoms. The van der Waals surface area contributed by atoms with Crippen molar-refractivity contribution in [1.82, 2.24) is 5.32 Å². The molecule has 0 fully saturated rings. The maximum Gasteiger partial charge on any atom is 0.0917 e. The number of aliphatic hydroxyl groups excluding tert-OH is 1. The highest BCUT2D eigenvalue weighted by Gasteiger charge is 2.10. The normalized spacial score (nSPS) is 14.8. The third kappa shape index (κ3) is 3.62. The van der Waals surface area contributed by atoms with Crippen molar-refractivity contribution >= 4 is 0 Å². The smallest absolute Gasteiger partial charge is 0.0917 e. The molecule has 0 radical (unpaired) electrons. The molecule has 0 aliphatic rings. The minimum atomic E-state index is -0.408. The number of hydrogen-bond acceptors (Lipinski definition) is 2. The van der Waals surface area contributed by atoms with E-state index in [0.29, 0.717) is 12.6 Å². The third-order valence-electron chi connectivity index (χ3n) is 3.06. The summed E-state index contributed by atoms with van der Waals surface area (Å²) in [6.45, 7) is 9.02. The molecule has 0 amide bonds. The predicted molar refractivity (Wildman–Crippen MR) is 68.6 cm³/mol. The maximum atomic E-state index is 10.1. The van der Waals surface area contributed by atoms with Gasteiger partial charge in [-0.3, -0.25) is 0 Å². The van der Waals surface area contributed by atoms with E-state index in [9.17, 15) is 5.11 Å². The van der Waals surface area contributed by atoms with E-state index in [0.717, 1.165) is 12.0 Å². The summed E-state index contributed by atoms with van der Waals surface area (Å²) in [6.07, 6.45) is 0.675. The van der Waals surface area contributed by atoms with Crippen molar-refractivity contribution in [2.45, 2.75) is 46.3 Å². The van der Waals surface area contributed by atoms with Crippen LogP contribution < -0.4 is 5.32 Å². The number of nitrogens with one attached hydrogen (secondary N) is 1. The van der Waals surface area contributed by atoms with Crippen molar-refractivity contribution in [2.75, 3.05) is 6.54 Å². The number of aliphatic hydroxyl groups is 1. The van der Waals surface area contributed by atoms with Crippen LogP contribution in [-0.4, -0.2) is 17.7 Å². The van der Waals surface area contributed by atoms with Gasteiger partial charge in [-0.1, -0.05) is 30.7 Å². The van der Waals surface area contributed by atoms with Crippen molar-refractivity contribution in [1.29, 1.82) is 0 Å². The van der Waals surface area contributed by atoms with Gasteiger partial charge in [-0.2, -0.15) is 0 Å². The lowest BCUT2D eigenvalue weighted by molar-refractivity contribution is 0.169. The monoisotopic (exact) mass is 221 g/mol. The molecule has 2 unspecified atom stereocenters. The number of aryl methyl sites for hydroxylation is 2. The van der Waals surface area contributed by atoms with Gasteiger partial charge in [-0.25, -0.2) is 0 Å². The first kappa shape index (κ1) is 13.2. The fourth-order valence-electron chi connectivity index (χ4n) is 1.77. The van der Waals surface area contributed by atoms with Crippen molar-refractivity contribution in [3.05, 3.63) is 34.9 Å². The fourth-order valence-corrected chi connectivity index (χ4v) is 1.77. The fraction of sp³-hybridized carbons (Fsp3) is 0.571. The Labute approximate surface area is 98.7 Å². The van der Waals surface area contributed by atoms with Crippen LogP contribution in [0.15, 0.2) is 18.2 Å². The van der Waals surface area contributed by atoms with Gasteiger partial charge in [0.1, 0.15) is 0 Å². The lowest BCUT2D eigenvalue weighted by atomic mass is 10.0. The zero-order chi connectivity index (χ0) is 12.1. The van der Waals surface area contributed by atoms with E-state index in [2.05, 4.69) is 45.1 Å². The molecule has 2 N–H and O–H groups in total. The largest absolute Gasteiger partial charge is 0.387 e. The molecule has 0 saturated heterocycles. The van der Waals surface area contributed by atoms with E-state index in [1.807, 2.05) is 6.07 Å². The molecule has 0 aliphatic heterocycles. The Balaban J connectivity index is 2.62. The Hall–Kier alpha value is -0.860. The summed E-state index contributed by atoms with van der Waals surface area (Å²) in [5.41, 5.74) is 3.43. The average Bonchev–Trinajstić information content (AvgIpc) is 2.25. The Bertz CT molecular complexity index is 336. The van der Waals surface area contributed by atoms with Crippen LogP contribution in [0.4, 0.5) is 0 Å². The van der Waals surface area contributed by atoms with Crippen LogP contribution in [0, 0.1) is 13.8 Å². The molecule has 0 heterocycles.